The Morgan fingerprint density at radius 2 is 1.81 bits per heavy atom. The van der Waals surface area contributed by atoms with Gasteiger partial charge in [0.2, 0.25) is 10.0 Å². The number of ether oxygens (including phenoxy) is 1. The Labute approximate surface area is 241 Å². The molecule has 12 heteroatoms. The summed E-state index contributed by atoms with van der Waals surface area (Å²) in [6, 6.07) is 14.8. The Balaban J connectivity index is 1.39. The van der Waals surface area contributed by atoms with E-state index in [-0.39, 0.29) is 31.1 Å². The number of fused-ring (bicyclic) bond motifs is 4. The molecule has 0 aliphatic carbocycles. The van der Waals surface area contributed by atoms with E-state index in [0.717, 1.165) is 22.5 Å². The van der Waals surface area contributed by atoms with Crippen molar-refractivity contribution in [3.05, 3.63) is 89.6 Å². The highest BCUT2D eigenvalue weighted by molar-refractivity contribution is 7.89. The van der Waals surface area contributed by atoms with Crippen molar-refractivity contribution in [3.8, 4) is 5.75 Å². The zero-order chi connectivity index (χ0) is 29.6. The molecule has 2 amide bonds. The van der Waals surface area contributed by atoms with Crippen LogP contribution in [0.5, 0.6) is 5.75 Å². The molecule has 2 aliphatic heterocycles. The lowest BCUT2D eigenvalue weighted by molar-refractivity contribution is 0.0860. The van der Waals surface area contributed by atoms with Gasteiger partial charge in [0.05, 0.1) is 24.7 Å². The third-order valence-corrected chi connectivity index (χ3v) is 10.3. The standard InChI is InChI=1S/C30H30F2N4O5S/c1-41-22-9-10-24-25(16-22)34-28-26(17-37)36(29(38)33-21-7-5-19(31)6-8-21)18-30(27(24)28)11-13-35(14-12-30)42(39,40)23-4-2-3-20(32)15-23/h2-10,15-16,26,34,37H,11-14,17-18H2,1H3,(H,33,38)/t26-/m0/s1. The average Bonchev–Trinajstić information content (AvgIpc) is 3.38. The number of benzene rings is 3. The van der Waals surface area contributed by atoms with E-state index in [4.69, 9.17) is 4.74 Å². The number of aromatic amines is 1. The number of hydrogen-bond acceptors (Lipinski definition) is 5. The summed E-state index contributed by atoms with van der Waals surface area (Å²) in [7, 11) is -2.37. The lowest BCUT2D eigenvalue weighted by Gasteiger charge is -2.49. The molecular formula is C30H30F2N4O5S. The quantitative estimate of drug-likeness (QED) is 0.308. The fourth-order valence-electron chi connectivity index (χ4n) is 6.29. The minimum atomic E-state index is -3.94. The van der Waals surface area contributed by atoms with Crippen molar-refractivity contribution in [3.63, 3.8) is 0 Å². The van der Waals surface area contributed by atoms with E-state index >= 15 is 0 Å². The minimum Gasteiger partial charge on any atom is -0.497 e. The molecule has 42 heavy (non-hydrogen) atoms. The predicted molar refractivity (Wildman–Crippen MR) is 153 cm³/mol. The molecule has 1 atom stereocenters. The molecule has 3 aromatic carbocycles. The predicted octanol–water partition coefficient (Wildman–Crippen LogP) is 4.76. The molecule has 0 saturated carbocycles. The van der Waals surface area contributed by atoms with Gasteiger partial charge in [-0.1, -0.05) is 6.07 Å². The van der Waals surface area contributed by atoms with Gasteiger partial charge in [-0.05, 0) is 73.0 Å². The van der Waals surface area contributed by atoms with Gasteiger partial charge in [0.1, 0.15) is 17.4 Å². The topological polar surface area (TPSA) is 115 Å². The Morgan fingerprint density at radius 1 is 1.07 bits per heavy atom. The SMILES string of the molecule is COc1ccc2c3c([nH]c2c1)[C@H](CO)N(C(=O)Nc1ccc(F)cc1)CC31CCN(S(=O)(=O)c2cccc(F)c2)CC1. The summed E-state index contributed by atoms with van der Waals surface area (Å²) in [4.78, 5) is 18.5. The number of H-pyrrole nitrogens is 1. The van der Waals surface area contributed by atoms with Crippen molar-refractivity contribution in [1.29, 1.82) is 0 Å². The summed E-state index contributed by atoms with van der Waals surface area (Å²) in [5, 5.41) is 14.2. The van der Waals surface area contributed by atoms with Crippen molar-refractivity contribution >= 4 is 32.6 Å². The Hall–Kier alpha value is -4.00. The molecule has 220 valence electrons. The summed E-state index contributed by atoms with van der Waals surface area (Å²) in [5.74, 6) is -0.428. The van der Waals surface area contributed by atoms with Crippen LogP contribution in [0.2, 0.25) is 0 Å². The zero-order valence-corrected chi connectivity index (χ0v) is 23.6. The van der Waals surface area contributed by atoms with Gasteiger partial charge >= 0.3 is 6.03 Å². The van der Waals surface area contributed by atoms with Crippen molar-refractivity contribution in [2.75, 3.05) is 38.7 Å². The number of nitrogens with one attached hydrogen (secondary N) is 2. The van der Waals surface area contributed by atoms with Crippen LogP contribution >= 0.6 is 0 Å². The third kappa shape index (κ3) is 4.79. The molecule has 1 spiro atoms. The second-order valence-corrected chi connectivity index (χ2v) is 12.7. The van der Waals surface area contributed by atoms with E-state index in [2.05, 4.69) is 10.3 Å². The molecule has 1 aromatic heterocycles. The number of piperidine rings is 1. The number of aliphatic hydroxyl groups excluding tert-OH is 1. The van der Waals surface area contributed by atoms with Gasteiger partial charge in [-0.15, -0.1) is 0 Å². The maximum atomic E-state index is 13.9. The molecule has 0 radical (unpaired) electrons. The van der Waals surface area contributed by atoms with Gasteiger partial charge < -0.3 is 25.0 Å². The number of hydrogen-bond donors (Lipinski definition) is 3. The number of methoxy groups -OCH3 is 1. The number of amides is 2. The first kappa shape index (κ1) is 28.1. The molecule has 0 unspecified atom stereocenters. The summed E-state index contributed by atoms with van der Waals surface area (Å²) in [6.45, 7) is 0.158. The van der Waals surface area contributed by atoms with Crippen LogP contribution in [0.1, 0.15) is 30.1 Å². The fraction of sp³-hybridized carbons (Fsp3) is 0.300. The number of carbonyl (C=O) groups is 1. The Bertz CT molecular complexity index is 1750. The van der Waals surface area contributed by atoms with Gasteiger partial charge in [0, 0.05) is 53.4 Å². The fourth-order valence-corrected chi connectivity index (χ4v) is 7.76. The molecule has 1 saturated heterocycles. The highest BCUT2D eigenvalue weighted by Crippen LogP contribution is 2.49. The number of halogens is 2. The van der Waals surface area contributed by atoms with Crippen LogP contribution in [-0.4, -0.2) is 67.1 Å². The molecule has 9 nitrogen and oxygen atoms in total. The smallest absolute Gasteiger partial charge is 0.322 e. The molecular weight excluding hydrogens is 566 g/mol. The molecule has 6 rings (SSSR count). The maximum Gasteiger partial charge on any atom is 0.322 e. The van der Waals surface area contributed by atoms with Crippen LogP contribution in [0.3, 0.4) is 0 Å². The second-order valence-electron chi connectivity index (χ2n) is 10.7. The van der Waals surface area contributed by atoms with Crippen LogP contribution in [0.4, 0.5) is 19.3 Å². The Morgan fingerprint density at radius 3 is 2.48 bits per heavy atom. The Kier molecular flexibility index (Phi) is 7.16. The highest BCUT2D eigenvalue weighted by atomic mass is 32.2. The first-order valence-corrected chi connectivity index (χ1v) is 15.0. The van der Waals surface area contributed by atoms with Crippen LogP contribution in [-0.2, 0) is 15.4 Å². The normalized spacial score (nSPS) is 18.7. The van der Waals surface area contributed by atoms with E-state index < -0.39 is 39.1 Å². The van der Waals surface area contributed by atoms with Crippen molar-refractivity contribution < 1.29 is 31.8 Å². The summed E-state index contributed by atoms with van der Waals surface area (Å²) in [6.07, 6.45) is 0.762. The van der Waals surface area contributed by atoms with Crippen LogP contribution in [0.25, 0.3) is 10.9 Å². The molecule has 3 N–H and O–H groups in total. The largest absolute Gasteiger partial charge is 0.497 e. The summed E-state index contributed by atoms with van der Waals surface area (Å²) >= 11 is 0. The van der Waals surface area contributed by atoms with Gasteiger partial charge in [-0.25, -0.2) is 22.0 Å². The number of rotatable bonds is 5. The number of anilines is 1. The minimum absolute atomic E-state index is 0.109. The van der Waals surface area contributed by atoms with E-state index in [1.165, 1.54) is 46.8 Å². The van der Waals surface area contributed by atoms with Crippen LogP contribution in [0.15, 0.2) is 71.6 Å². The number of urea groups is 1. The van der Waals surface area contributed by atoms with Gasteiger partial charge in [0.25, 0.3) is 0 Å². The molecule has 4 aromatic rings. The lowest BCUT2D eigenvalue weighted by Crippen LogP contribution is -2.56. The number of sulfonamides is 1. The summed E-state index contributed by atoms with van der Waals surface area (Å²) in [5.41, 5.74) is 2.13. The molecule has 2 aliphatic rings. The van der Waals surface area contributed by atoms with E-state index in [1.54, 1.807) is 12.0 Å². The van der Waals surface area contributed by atoms with Crippen molar-refractivity contribution in [2.45, 2.75) is 29.2 Å². The van der Waals surface area contributed by atoms with E-state index in [0.29, 0.717) is 30.0 Å². The lowest BCUT2D eigenvalue weighted by atomic mass is 9.68. The second kappa shape index (κ2) is 10.7. The molecule has 1 fully saturated rings. The summed E-state index contributed by atoms with van der Waals surface area (Å²) < 4.78 is 60.9. The van der Waals surface area contributed by atoms with Crippen molar-refractivity contribution in [1.82, 2.24) is 14.2 Å². The van der Waals surface area contributed by atoms with Gasteiger partial charge in [-0.3, -0.25) is 0 Å². The third-order valence-electron chi connectivity index (χ3n) is 8.39. The number of aromatic nitrogens is 1. The average molecular weight is 597 g/mol. The first-order valence-electron chi connectivity index (χ1n) is 13.5. The number of carbonyl (C=O) groups excluding carboxylic acids is 1. The van der Waals surface area contributed by atoms with Crippen LogP contribution in [0, 0.1) is 11.6 Å². The molecule has 3 heterocycles. The van der Waals surface area contributed by atoms with Gasteiger partial charge in [0.15, 0.2) is 0 Å². The molecule has 0 bridgehead atoms. The zero-order valence-electron chi connectivity index (χ0n) is 22.8. The van der Waals surface area contributed by atoms with Crippen molar-refractivity contribution in [2.24, 2.45) is 0 Å². The van der Waals surface area contributed by atoms with Crippen LogP contribution < -0.4 is 10.1 Å². The maximum absolute atomic E-state index is 13.9. The first-order chi connectivity index (χ1) is 20.1. The van der Waals surface area contributed by atoms with E-state index in [9.17, 15) is 27.1 Å². The number of nitrogens with zero attached hydrogens (tertiary/aromatic N) is 2. The number of aliphatic hydroxyl groups is 1. The monoisotopic (exact) mass is 596 g/mol. The highest BCUT2D eigenvalue weighted by Gasteiger charge is 2.50. The van der Waals surface area contributed by atoms with E-state index in [1.807, 2.05) is 18.2 Å². The van der Waals surface area contributed by atoms with Gasteiger partial charge in [-0.2, -0.15) is 4.31 Å².